The molecular weight excluding hydrogens is 471 g/mol. The van der Waals surface area contributed by atoms with Crippen molar-refractivity contribution in [3.63, 3.8) is 0 Å². The topological polar surface area (TPSA) is 101 Å². The predicted molar refractivity (Wildman–Crippen MR) is 120 cm³/mol. The van der Waals surface area contributed by atoms with Crippen LogP contribution in [0.5, 0.6) is 11.5 Å². The highest BCUT2D eigenvalue weighted by molar-refractivity contribution is 6.30. The van der Waals surface area contributed by atoms with Gasteiger partial charge in [-0.05, 0) is 53.6 Å². The van der Waals surface area contributed by atoms with Crippen molar-refractivity contribution in [2.24, 2.45) is 5.73 Å². The summed E-state index contributed by atoms with van der Waals surface area (Å²) in [7, 11) is 0. The number of phenols is 1. The highest BCUT2D eigenvalue weighted by Gasteiger charge is 2.33. The predicted octanol–water partition coefficient (Wildman–Crippen LogP) is 5.80. The van der Waals surface area contributed by atoms with E-state index in [0.29, 0.717) is 10.6 Å². The Morgan fingerprint density at radius 2 is 1.82 bits per heavy atom. The van der Waals surface area contributed by atoms with Gasteiger partial charge in [-0.15, -0.1) is 0 Å². The number of H-pyrrole nitrogens is 1. The number of alkyl halides is 3. The summed E-state index contributed by atoms with van der Waals surface area (Å²) in [5.74, 6) is -0.803. The molecule has 0 atom stereocenters. The number of ether oxygens (including phenoxy) is 1. The molecule has 4 aromatic rings. The minimum Gasteiger partial charge on any atom is -0.506 e. The zero-order chi connectivity index (χ0) is 24.5. The molecule has 0 saturated heterocycles. The fraction of sp³-hybridized carbons (Fsp3) is 0.0833. The molecule has 0 aliphatic carbocycles. The van der Waals surface area contributed by atoms with Crippen LogP contribution in [0.3, 0.4) is 0 Å². The molecule has 0 fully saturated rings. The van der Waals surface area contributed by atoms with Gasteiger partial charge in [0.1, 0.15) is 23.8 Å². The van der Waals surface area contributed by atoms with E-state index >= 15 is 0 Å². The van der Waals surface area contributed by atoms with Gasteiger partial charge in [0.05, 0.1) is 11.3 Å². The minimum atomic E-state index is -4.62. The number of amides is 1. The van der Waals surface area contributed by atoms with Crippen LogP contribution in [0.1, 0.15) is 21.6 Å². The van der Waals surface area contributed by atoms with Crippen molar-refractivity contribution in [3.05, 3.63) is 88.6 Å². The number of hydrogen-bond donors (Lipinski definition) is 3. The van der Waals surface area contributed by atoms with Gasteiger partial charge in [0.15, 0.2) is 0 Å². The largest absolute Gasteiger partial charge is 0.506 e. The van der Waals surface area contributed by atoms with Gasteiger partial charge in [0.25, 0.3) is 0 Å². The molecule has 6 nitrogen and oxygen atoms in total. The lowest BCUT2D eigenvalue weighted by atomic mass is 9.97. The first-order chi connectivity index (χ1) is 16.1. The maximum Gasteiger partial charge on any atom is 0.432 e. The van der Waals surface area contributed by atoms with Gasteiger partial charge in [-0.1, -0.05) is 35.9 Å². The van der Waals surface area contributed by atoms with Crippen molar-refractivity contribution in [1.29, 1.82) is 0 Å². The first kappa shape index (κ1) is 23.2. The summed E-state index contributed by atoms with van der Waals surface area (Å²) in [6, 6.07) is 16.8. The van der Waals surface area contributed by atoms with Gasteiger partial charge in [-0.25, -0.2) is 0 Å². The molecule has 4 rings (SSSR count). The van der Waals surface area contributed by atoms with Gasteiger partial charge in [0, 0.05) is 16.1 Å². The molecule has 0 bridgehead atoms. The Kier molecular flexibility index (Phi) is 6.21. The van der Waals surface area contributed by atoms with Crippen LogP contribution in [0, 0.1) is 0 Å². The average Bonchev–Trinajstić information content (AvgIpc) is 3.29. The molecule has 0 aliphatic rings. The van der Waals surface area contributed by atoms with E-state index < -0.39 is 17.8 Å². The fourth-order valence-corrected chi connectivity index (χ4v) is 3.48. The number of aromatic amines is 1. The Morgan fingerprint density at radius 1 is 1.09 bits per heavy atom. The number of nitrogens with one attached hydrogen (secondary N) is 1. The maximum atomic E-state index is 13.0. The molecule has 1 amide bonds. The van der Waals surface area contributed by atoms with Gasteiger partial charge < -0.3 is 15.6 Å². The van der Waals surface area contributed by atoms with Crippen LogP contribution in [-0.2, 0) is 12.8 Å². The molecular formula is C24H17ClF3N3O3. The molecule has 10 heteroatoms. The number of halogens is 4. The van der Waals surface area contributed by atoms with Crippen LogP contribution >= 0.6 is 11.6 Å². The standard InChI is InChI=1S/C24H17ClF3N3O3/c25-16-6-4-13(5-7-16)12-34-19-9-8-17(18-11-20(31-30-18)24(26,27)28)22(32)21(19)14-2-1-3-15(10-14)23(29)33/h1-11,32H,12H2,(H2,29,33)(H,30,31). The third-order valence-corrected chi connectivity index (χ3v) is 5.29. The SMILES string of the molecule is NC(=O)c1cccc(-c2c(OCc3ccc(Cl)cc3)ccc(-c3cc(C(F)(F)F)[nH]n3)c2O)c1. The third-order valence-electron chi connectivity index (χ3n) is 5.04. The number of aromatic hydroxyl groups is 1. The zero-order valence-electron chi connectivity index (χ0n) is 17.4. The van der Waals surface area contributed by atoms with E-state index in [2.05, 4.69) is 5.10 Å². The first-order valence-electron chi connectivity index (χ1n) is 9.90. The number of carbonyl (C=O) groups is 1. The molecule has 0 radical (unpaired) electrons. The molecule has 0 spiro atoms. The van der Waals surface area contributed by atoms with E-state index in [9.17, 15) is 23.1 Å². The highest BCUT2D eigenvalue weighted by Crippen LogP contribution is 2.45. The van der Waals surface area contributed by atoms with E-state index in [4.69, 9.17) is 22.1 Å². The van der Waals surface area contributed by atoms with Crippen molar-refractivity contribution >= 4 is 17.5 Å². The van der Waals surface area contributed by atoms with Gasteiger partial charge in [0.2, 0.25) is 5.91 Å². The van der Waals surface area contributed by atoms with Crippen LogP contribution in [0.15, 0.2) is 66.7 Å². The number of primary amides is 1. The summed E-state index contributed by atoms with van der Waals surface area (Å²) in [5, 5.41) is 17.3. The van der Waals surface area contributed by atoms with Crippen molar-refractivity contribution < 1.29 is 27.8 Å². The van der Waals surface area contributed by atoms with Crippen LogP contribution in [0.2, 0.25) is 5.02 Å². The smallest absolute Gasteiger partial charge is 0.432 e. The van der Waals surface area contributed by atoms with E-state index in [1.165, 1.54) is 24.3 Å². The first-order valence-corrected chi connectivity index (χ1v) is 10.3. The molecule has 174 valence electrons. The Hall–Kier alpha value is -3.98. The summed E-state index contributed by atoms with van der Waals surface area (Å²) in [4.78, 5) is 11.7. The number of benzene rings is 3. The second kappa shape index (κ2) is 9.11. The molecule has 0 unspecified atom stereocenters. The van der Waals surface area contributed by atoms with E-state index in [1.807, 2.05) is 5.10 Å². The normalized spacial score (nSPS) is 11.4. The Labute approximate surface area is 196 Å². The minimum absolute atomic E-state index is 0.0464. The number of rotatable bonds is 6. The Balaban J connectivity index is 1.80. The molecule has 34 heavy (non-hydrogen) atoms. The fourth-order valence-electron chi connectivity index (χ4n) is 3.35. The molecule has 1 heterocycles. The second-order valence-corrected chi connectivity index (χ2v) is 7.80. The highest BCUT2D eigenvalue weighted by atomic mass is 35.5. The third kappa shape index (κ3) is 4.84. The van der Waals surface area contributed by atoms with Crippen LogP contribution < -0.4 is 10.5 Å². The molecule has 1 aromatic heterocycles. The van der Waals surface area contributed by atoms with Crippen molar-refractivity contribution in [3.8, 4) is 33.9 Å². The summed E-state index contributed by atoms with van der Waals surface area (Å²) in [5.41, 5.74) is 5.81. The number of nitrogens with zero attached hydrogens (tertiary/aromatic N) is 1. The zero-order valence-corrected chi connectivity index (χ0v) is 18.1. The Morgan fingerprint density at radius 3 is 2.47 bits per heavy atom. The van der Waals surface area contributed by atoms with Gasteiger partial charge in [-0.2, -0.15) is 18.3 Å². The van der Waals surface area contributed by atoms with E-state index in [1.54, 1.807) is 36.4 Å². The number of nitrogens with two attached hydrogens (primary N) is 1. The number of hydrogen-bond acceptors (Lipinski definition) is 4. The number of phenolic OH excluding ortho intramolecular Hbond substituents is 1. The van der Waals surface area contributed by atoms with Crippen LogP contribution in [0.25, 0.3) is 22.4 Å². The number of aromatic nitrogens is 2. The van der Waals surface area contributed by atoms with E-state index in [-0.39, 0.29) is 40.5 Å². The Bertz CT molecular complexity index is 1350. The summed E-state index contributed by atoms with van der Waals surface area (Å²) in [6.45, 7) is 0.124. The monoisotopic (exact) mass is 487 g/mol. The second-order valence-electron chi connectivity index (χ2n) is 7.36. The van der Waals surface area contributed by atoms with Crippen LogP contribution in [0.4, 0.5) is 13.2 Å². The van der Waals surface area contributed by atoms with Crippen molar-refractivity contribution in [2.45, 2.75) is 12.8 Å². The molecule has 4 N–H and O–H groups in total. The summed E-state index contributed by atoms with van der Waals surface area (Å²) < 4.78 is 45.0. The lowest BCUT2D eigenvalue weighted by Crippen LogP contribution is -2.10. The molecule has 0 saturated carbocycles. The van der Waals surface area contributed by atoms with Gasteiger partial charge in [-0.3, -0.25) is 9.89 Å². The lowest BCUT2D eigenvalue weighted by Gasteiger charge is -2.16. The maximum absolute atomic E-state index is 13.0. The average molecular weight is 488 g/mol. The summed E-state index contributed by atoms with van der Waals surface area (Å²) >= 11 is 5.91. The van der Waals surface area contributed by atoms with Gasteiger partial charge >= 0.3 is 6.18 Å². The molecule has 3 aromatic carbocycles. The van der Waals surface area contributed by atoms with Crippen molar-refractivity contribution in [1.82, 2.24) is 10.2 Å². The van der Waals surface area contributed by atoms with Crippen molar-refractivity contribution in [2.75, 3.05) is 0 Å². The lowest BCUT2D eigenvalue weighted by molar-refractivity contribution is -0.141. The quantitative estimate of drug-likeness (QED) is 0.320. The summed E-state index contributed by atoms with van der Waals surface area (Å²) in [6.07, 6.45) is -4.62. The molecule has 0 aliphatic heterocycles. The van der Waals surface area contributed by atoms with E-state index in [0.717, 1.165) is 11.6 Å². The van der Waals surface area contributed by atoms with Crippen LogP contribution in [-0.4, -0.2) is 21.2 Å². The number of carbonyl (C=O) groups excluding carboxylic acids is 1.